The van der Waals surface area contributed by atoms with Crippen molar-refractivity contribution in [2.45, 2.75) is 52.7 Å². The fraction of sp³-hybridized carbons (Fsp3) is 0.244. The number of hydrogen-bond donors (Lipinski definition) is 0. The Balaban J connectivity index is 1.26. The quantitative estimate of drug-likeness (QED) is 0.153. The first kappa shape index (κ1) is 30.2. The van der Waals surface area contributed by atoms with Gasteiger partial charge in [-0.15, -0.1) is 0 Å². The second kappa shape index (κ2) is 13.0. The molecule has 0 radical (unpaired) electrons. The number of hydrogen-bond acceptors (Lipinski definition) is 4. The van der Waals surface area contributed by atoms with Crippen LogP contribution in [0, 0.1) is 5.41 Å². The first-order chi connectivity index (χ1) is 21.7. The van der Waals surface area contributed by atoms with Crippen LogP contribution in [-0.4, -0.2) is 12.3 Å². The van der Waals surface area contributed by atoms with Crippen LogP contribution in [0.25, 0.3) is 0 Å². The molecule has 228 valence electrons. The van der Waals surface area contributed by atoms with Gasteiger partial charge in [0.05, 0.1) is 18.0 Å². The summed E-state index contributed by atoms with van der Waals surface area (Å²) in [5.74, 6) is 2.57. The van der Waals surface area contributed by atoms with E-state index in [1.165, 1.54) is 11.1 Å². The monoisotopic (exact) mass is 595 g/mol. The summed E-state index contributed by atoms with van der Waals surface area (Å²) in [5.41, 5.74) is 7.51. The number of aliphatic imine (C=N–C) groups is 1. The Morgan fingerprint density at radius 1 is 0.578 bits per heavy atom. The zero-order valence-electron chi connectivity index (χ0n) is 26.6. The summed E-state index contributed by atoms with van der Waals surface area (Å²) < 4.78 is 18.4. The van der Waals surface area contributed by atoms with Gasteiger partial charge in [0, 0.05) is 5.41 Å². The molecule has 4 nitrogen and oxygen atoms in total. The van der Waals surface area contributed by atoms with Gasteiger partial charge in [-0.2, -0.15) is 0 Å². The van der Waals surface area contributed by atoms with E-state index in [2.05, 4.69) is 100 Å². The molecule has 1 atom stereocenters. The molecule has 6 rings (SSSR count). The molecule has 0 fully saturated rings. The summed E-state index contributed by atoms with van der Waals surface area (Å²) in [4.78, 5) is 5.22. The molecule has 0 amide bonds. The predicted octanol–water partition coefficient (Wildman–Crippen LogP) is 9.90. The van der Waals surface area contributed by atoms with Crippen LogP contribution in [0.15, 0.2) is 132 Å². The van der Waals surface area contributed by atoms with Crippen LogP contribution >= 0.6 is 0 Å². The molecule has 0 aromatic heterocycles. The molecule has 1 heterocycles. The van der Waals surface area contributed by atoms with E-state index in [4.69, 9.17) is 19.2 Å². The maximum absolute atomic E-state index is 6.27. The fourth-order valence-electron chi connectivity index (χ4n) is 5.68. The van der Waals surface area contributed by atoms with E-state index in [9.17, 15) is 0 Å². The third-order valence-corrected chi connectivity index (χ3v) is 8.09. The van der Waals surface area contributed by atoms with Gasteiger partial charge in [0.25, 0.3) is 0 Å². The maximum atomic E-state index is 6.27. The number of rotatable bonds is 11. The van der Waals surface area contributed by atoms with Crippen molar-refractivity contribution in [1.29, 1.82) is 0 Å². The van der Waals surface area contributed by atoms with Crippen molar-refractivity contribution in [2.24, 2.45) is 10.4 Å². The lowest BCUT2D eigenvalue weighted by Crippen LogP contribution is -2.33. The largest absolute Gasteiger partial charge is 0.493 e. The second-order valence-corrected chi connectivity index (χ2v) is 13.2. The van der Waals surface area contributed by atoms with Crippen LogP contribution in [0.1, 0.15) is 55.5 Å². The van der Waals surface area contributed by atoms with Crippen molar-refractivity contribution in [1.82, 2.24) is 0 Å². The van der Waals surface area contributed by atoms with Gasteiger partial charge in [-0.3, -0.25) is 4.99 Å². The highest BCUT2D eigenvalue weighted by Gasteiger charge is 2.40. The van der Waals surface area contributed by atoms with Crippen molar-refractivity contribution in [3.63, 3.8) is 0 Å². The van der Waals surface area contributed by atoms with Gasteiger partial charge in [0.1, 0.15) is 30.5 Å². The highest BCUT2D eigenvalue weighted by Crippen LogP contribution is 2.46. The van der Waals surface area contributed by atoms with E-state index in [0.29, 0.717) is 19.8 Å². The van der Waals surface area contributed by atoms with Crippen LogP contribution in [-0.2, 0) is 25.0 Å². The summed E-state index contributed by atoms with van der Waals surface area (Å²) in [6.07, 6.45) is 0.785. The maximum Gasteiger partial charge on any atom is 0.120 e. The molecule has 5 aromatic rings. The third kappa shape index (κ3) is 7.46. The lowest BCUT2D eigenvalue weighted by Gasteiger charge is -2.29. The average Bonchev–Trinajstić information content (AvgIpc) is 3.34. The summed E-state index contributed by atoms with van der Waals surface area (Å²) in [6, 6.07) is 43.6. The molecule has 45 heavy (non-hydrogen) atoms. The molecule has 0 spiro atoms. The third-order valence-electron chi connectivity index (χ3n) is 8.09. The summed E-state index contributed by atoms with van der Waals surface area (Å²) in [5, 5.41) is 0. The molecule has 1 aliphatic heterocycles. The normalized spacial score (nSPS) is 15.7. The zero-order chi connectivity index (χ0) is 31.3. The molecule has 0 aliphatic carbocycles. The second-order valence-electron chi connectivity index (χ2n) is 13.2. The average molecular weight is 596 g/mol. The molecule has 0 N–H and O–H groups in total. The van der Waals surface area contributed by atoms with Crippen LogP contribution in [0.4, 0.5) is 5.69 Å². The van der Waals surface area contributed by atoms with Crippen LogP contribution in [0.2, 0.25) is 0 Å². The lowest BCUT2D eigenvalue weighted by molar-refractivity contribution is 0.198. The van der Waals surface area contributed by atoms with Gasteiger partial charge in [-0.05, 0) is 101 Å². The Morgan fingerprint density at radius 3 is 1.71 bits per heavy atom. The van der Waals surface area contributed by atoms with Gasteiger partial charge in [0.15, 0.2) is 0 Å². The Bertz CT molecular complexity index is 1740. The van der Waals surface area contributed by atoms with Gasteiger partial charge in [-0.25, -0.2) is 0 Å². The minimum Gasteiger partial charge on any atom is -0.493 e. The summed E-state index contributed by atoms with van der Waals surface area (Å²) >= 11 is 0. The van der Waals surface area contributed by atoms with Crippen molar-refractivity contribution < 1.29 is 14.2 Å². The minimum absolute atomic E-state index is 0.105. The minimum atomic E-state index is -0.373. The van der Waals surface area contributed by atoms with Gasteiger partial charge in [0.2, 0.25) is 0 Å². The summed E-state index contributed by atoms with van der Waals surface area (Å²) in [6.45, 7) is 10.6. The Morgan fingerprint density at radius 2 is 1.11 bits per heavy atom. The van der Waals surface area contributed by atoms with Crippen molar-refractivity contribution in [3.05, 3.63) is 155 Å². The molecule has 5 aromatic carbocycles. The predicted molar refractivity (Wildman–Crippen MR) is 183 cm³/mol. The molecular weight excluding hydrogens is 554 g/mol. The lowest BCUT2D eigenvalue weighted by atomic mass is 9.73. The molecule has 0 saturated carbocycles. The van der Waals surface area contributed by atoms with E-state index >= 15 is 0 Å². The Hall–Kier alpha value is -4.83. The van der Waals surface area contributed by atoms with Gasteiger partial charge in [-0.1, -0.05) is 93.6 Å². The first-order valence-electron chi connectivity index (χ1n) is 15.6. The standard InChI is InChI=1S/C41H41NO3/c1-40(2,3)29-45-35-19-15-30(16-20-35)26-41(4)37-25-36(44-28-32-13-9-6-10-14-32)23-24-38(37)42-39(41)33-17-21-34(22-18-33)43-27-31-11-7-5-8-12-31/h5-25H,26-29H2,1-4H3. The SMILES string of the molecule is CC(C)(C)COc1ccc(CC2(C)C(c3ccc(OCc4ccccc4)cc3)=Nc3ccc(OCc4ccccc4)cc32)cc1. The van der Waals surface area contributed by atoms with Crippen LogP contribution in [0.3, 0.4) is 0 Å². The van der Waals surface area contributed by atoms with Gasteiger partial charge >= 0.3 is 0 Å². The molecule has 1 unspecified atom stereocenters. The smallest absolute Gasteiger partial charge is 0.120 e. The van der Waals surface area contributed by atoms with E-state index in [-0.39, 0.29) is 10.8 Å². The molecular formula is C41H41NO3. The molecule has 0 bridgehead atoms. The van der Waals surface area contributed by atoms with Crippen LogP contribution < -0.4 is 14.2 Å². The van der Waals surface area contributed by atoms with Crippen LogP contribution in [0.5, 0.6) is 17.2 Å². The molecule has 0 saturated heterocycles. The molecule has 4 heteroatoms. The Labute approximate surface area is 267 Å². The van der Waals surface area contributed by atoms with E-state index < -0.39 is 0 Å². The highest BCUT2D eigenvalue weighted by atomic mass is 16.5. The van der Waals surface area contributed by atoms with Crippen molar-refractivity contribution >= 4 is 11.4 Å². The van der Waals surface area contributed by atoms with E-state index in [1.54, 1.807) is 0 Å². The summed E-state index contributed by atoms with van der Waals surface area (Å²) in [7, 11) is 0. The van der Waals surface area contributed by atoms with E-state index in [0.717, 1.165) is 51.8 Å². The zero-order valence-corrected chi connectivity index (χ0v) is 26.6. The van der Waals surface area contributed by atoms with Crippen molar-refractivity contribution in [3.8, 4) is 17.2 Å². The topological polar surface area (TPSA) is 40.0 Å². The van der Waals surface area contributed by atoms with E-state index in [1.807, 2.05) is 54.6 Å². The number of ether oxygens (including phenoxy) is 3. The highest BCUT2D eigenvalue weighted by molar-refractivity contribution is 6.12. The number of fused-ring (bicyclic) bond motifs is 1. The number of nitrogens with zero attached hydrogens (tertiary/aromatic N) is 1. The Kier molecular flexibility index (Phi) is 8.75. The van der Waals surface area contributed by atoms with Crippen molar-refractivity contribution in [2.75, 3.05) is 6.61 Å². The molecule has 1 aliphatic rings. The first-order valence-corrected chi connectivity index (χ1v) is 15.6. The van der Waals surface area contributed by atoms with Gasteiger partial charge < -0.3 is 14.2 Å². The number of benzene rings is 5. The fourth-order valence-corrected chi connectivity index (χ4v) is 5.68.